The number of benzene rings is 2. The van der Waals surface area contributed by atoms with Crippen molar-refractivity contribution in [1.29, 1.82) is 0 Å². The van der Waals surface area contributed by atoms with E-state index < -0.39 is 12.6 Å². The Morgan fingerprint density at radius 1 is 1.07 bits per heavy atom. The van der Waals surface area contributed by atoms with Crippen molar-refractivity contribution in [3.63, 3.8) is 0 Å². The maximum atomic E-state index is 13.1. The Hall–Kier alpha value is -3.39. The molecule has 29 heavy (non-hydrogen) atoms. The second-order valence-corrected chi connectivity index (χ2v) is 7.20. The molecule has 0 saturated heterocycles. The van der Waals surface area contributed by atoms with Crippen molar-refractivity contribution in [2.75, 3.05) is 11.9 Å². The first-order valence-corrected chi connectivity index (χ1v) is 9.46. The van der Waals surface area contributed by atoms with E-state index in [9.17, 15) is 18.8 Å². The molecule has 1 heterocycles. The smallest absolute Gasteiger partial charge is 0.350 e. The number of carbonyl (C=O) groups excluding carboxylic acids is 3. The molecule has 148 valence electrons. The van der Waals surface area contributed by atoms with Crippen LogP contribution in [0.15, 0.2) is 48.5 Å². The third kappa shape index (κ3) is 5.11. The van der Waals surface area contributed by atoms with Gasteiger partial charge in [-0.15, -0.1) is 11.3 Å². The molecule has 0 aliphatic heterocycles. The van der Waals surface area contributed by atoms with Gasteiger partial charge in [0, 0.05) is 23.7 Å². The van der Waals surface area contributed by atoms with Gasteiger partial charge in [-0.3, -0.25) is 9.59 Å². The van der Waals surface area contributed by atoms with Crippen LogP contribution in [0.4, 0.5) is 10.1 Å². The van der Waals surface area contributed by atoms with Crippen LogP contribution in [0.2, 0.25) is 0 Å². The molecule has 0 radical (unpaired) electrons. The van der Waals surface area contributed by atoms with E-state index in [1.54, 1.807) is 43.3 Å². The molecule has 1 amide bonds. The lowest BCUT2D eigenvalue weighted by atomic mass is 10.1. The molecule has 8 heteroatoms. The molecule has 0 bridgehead atoms. The Morgan fingerprint density at radius 3 is 2.34 bits per heavy atom. The zero-order valence-corrected chi connectivity index (χ0v) is 16.5. The molecule has 1 aromatic heterocycles. The third-order valence-electron chi connectivity index (χ3n) is 3.93. The number of Topliss-reactive ketones (excluding diaryl/α,β-unsaturated/α-hetero) is 1. The van der Waals surface area contributed by atoms with Crippen molar-refractivity contribution in [2.24, 2.45) is 0 Å². The predicted octanol–water partition coefficient (Wildman–Crippen LogP) is 4.26. The van der Waals surface area contributed by atoms with Crippen LogP contribution in [0.3, 0.4) is 0 Å². The topological polar surface area (TPSA) is 85.4 Å². The molecule has 0 saturated carbocycles. The standard InChI is InChI=1S/C21H17FN2O4S/c1-12-19(29-20(23-12)15-3-7-16(22)8-4-15)21(27)28-11-18(26)14-5-9-17(10-6-14)24-13(2)25/h3-10H,11H2,1-2H3,(H,24,25). The second-order valence-electron chi connectivity index (χ2n) is 6.20. The normalized spacial score (nSPS) is 10.4. The summed E-state index contributed by atoms with van der Waals surface area (Å²) in [4.78, 5) is 40.2. The Bertz CT molecular complexity index is 1060. The van der Waals surface area contributed by atoms with E-state index in [4.69, 9.17) is 4.74 Å². The minimum atomic E-state index is -0.642. The van der Waals surface area contributed by atoms with Crippen LogP contribution in [0.1, 0.15) is 32.6 Å². The Kier molecular flexibility index (Phi) is 6.13. The van der Waals surface area contributed by atoms with Crippen LogP contribution < -0.4 is 5.32 Å². The van der Waals surface area contributed by atoms with Gasteiger partial charge in [0.1, 0.15) is 15.7 Å². The van der Waals surface area contributed by atoms with Gasteiger partial charge in [0.25, 0.3) is 0 Å². The number of halogens is 1. The SMILES string of the molecule is CC(=O)Nc1ccc(C(=O)COC(=O)c2sc(-c3ccc(F)cc3)nc2C)cc1. The van der Waals surface area contributed by atoms with Gasteiger partial charge in [0.2, 0.25) is 5.91 Å². The van der Waals surface area contributed by atoms with Crippen LogP contribution >= 0.6 is 11.3 Å². The molecule has 0 spiro atoms. The third-order valence-corrected chi connectivity index (χ3v) is 5.12. The van der Waals surface area contributed by atoms with E-state index in [1.807, 2.05) is 0 Å². The molecule has 3 rings (SSSR count). The van der Waals surface area contributed by atoms with Crippen molar-refractivity contribution in [1.82, 2.24) is 4.98 Å². The molecule has 3 aromatic rings. The Balaban J connectivity index is 1.64. The molecular formula is C21H17FN2O4S. The maximum absolute atomic E-state index is 13.1. The Morgan fingerprint density at radius 2 is 1.72 bits per heavy atom. The van der Waals surface area contributed by atoms with E-state index >= 15 is 0 Å². The quantitative estimate of drug-likeness (QED) is 0.483. The van der Waals surface area contributed by atoms with Crippen LogP contribution in [0.25, 0.3) is 10.6 Å². The number of nitrogens with zero attached hydrogens (tertiary/aromatic N) is 1. The number of ether oxygens (including phenoxy) is 1. The second kappa shape index (κ2) is 8.74. The molecule has 1 N–H and O–H groups in total. The van der Waals surface area contributed by atoms with Gasteiger partial charge in [0.05, 0.1) is 5.69 Å². The number of thiazole rings is 1. The molecule has 2 aromatic carbocycles. The van der Waals surface area contributed by atoms with Crippen LogP contribution in [0, 0.1) is 12.7 Å². The van der Waals surface area contributed by atoms with Crippen molar-refractivity contribution < 1.29 is 23.5 Å². The van der Waals surface area contributed by atoms with Crippen LogP contribution in [-0.2, 0) is 9.53 Å². The van der Waals surface area contributed by atoms with Gasteiger partial charge in [-0.2, -0.15) is 0 Å². The van der Waals surface area contributed by atoms with Gasteiger partial charge < -0.3 is 10.1 Å². The fourth-order valence-electron chi connectivity index (χ4n) is 2.52. The van der Waals surface area contributed by atoms with Gasteiger partial charge in [-0.25, -0.2) is 14.2 Å². The average Bonchev–Trinajstić information content (AvgIpc) is 3.08. The number of esters is 1. The molecule has 0 fully saturated rings. The summed E-state index contributed by atoms with van der Waals surface area (Å²) < 4.78 is 18.2. The van der Waals surface area contributed by atoms with Gasteiger partial charge in [-0.05, 0) is 55.5 Å². The fraction of sp³-hybridized carbons (Fsp3) is 0.143. The molecule has 0 aliphatic rings. The number of ketones is 1. The molecule has 0 unspecified atom stereocenters. The zero-order valence-electron chi connectivity index (χ0n) is 15.7. The monoisotopic (exact) mass is 412 g/mol. The van der Waals surface area contributed by atoms with Gasteiger partial charge in [0.15, 0.2) is 12.4 Å². The summed E-state index contributed by atoms with van der Waals surface area (Å²) in [5, 5.41) is 3.17. The molecule has 0 aliphatic carbocycles. The average molecular weight is 412 g/mol. The van der Waals surface area contributed by atoms with Crippen LogP contribution in [-0.4, -0.2) is 29.3 Å². The lowest BCUT2D eigenvalue weighted by Crippen LogP contribution is -2.14. The lowest BCUT2D eigenvalue weighted by molar-refractivity contribution is -0.114. The summed E-state index contributed by atoms with van der Waals surface area (Å²) in [5.74, 6) is -1.58. The highest BCUT2D eigenvalue weighted by molar-refractivity contribution is 7.17. The van der Waals surface area contributed by atoms with Crippen molar-refractivity contribution >= 4 is 34.7 Å². The summed E-state index contributed by atoms with van der Waals surface area (Å²) in [6.45, 7) is 2.64. The van der Waals surface area contributed by atoms with E-state index in [0.717, 1.165) is 11.3 Å². The minimum absolute atomic E-state index is 0.210. The first-order valence-electron chi connectivity index (χ1n) is 8.65. The highest BCUT2D eigenvalue weighted by Crippen LogP contribution is 2.28. The first kappa shape index (κ1) is 20.3. The maximum Gasteiger partial charge on any atom is 0.350 e. The summed E-state index contributed by atoms with van der Waals surface area (Å²) in [7, 11) is 0. The zero-order chi connectivity index (χ0) is 21.0. The number of nitrogens with one attached hydrogen (secondary N) is 1. The summed E-state index contributed by atoms with van der Waals surface area (Å²) in [6, 6.07) is 12.1. The summed E-state index contributed by atoms with van der Waals surface area (Å²) in [5.41, 5.74) is 2.10. The Labute approximate surface area is 170 Å². The number of carbonyl (C=O) groups is 3. The molecule has 0 atom stereocenters. The minimum Gasteiger partial charge on any atom is -0.453 e. The number of hydrogen-bond acceptors (Lipinski definition) is 6. The number of aryl methyl sites for hydroxylation is 1. The summed E-state index contributed by atoms with van der Waals surface area (Å²) >= 11 is 1.12. The number of rotatable bonds is 6. The van der Waals surface area contributed by atoms with E-state index in [0.29, 0.717) is 27.5 Å². The number of amides is 1. The van der Waals surface area contributed by atoms with Crippen molar-refractivity contribution in [2.45, 2.75) is 13.8 Å². The molecular weight excluding hydrogens is 395 g/mol. The number of aromatic nitrogens is 1. The van der Waals surface area contributed by atoms with E-state index in [2.05, 4.69) is 10.3 Å². The van der Waals surface area contributed by atoms with Crippen LogP contribution in [0.5, 0.6) is 0 Å². The summed E-state index contributed by atoms with van der Waals surface area (Å²) in [6.07, 6.45) is 0. The van der Waals surface area contributed by atoms with Gasteiger partial charge >= 0.3 is 5.97 Å². The largest absolute Gasteiger partial charge is 0.453 e. The van der Waals surface area contributed by atoms with E-state index in [1.165, 1.54) is 19.1 Å². The fourth-order valence-corrected chi connectivity index (χ4v) is 3.49. The van der Waals surface area contributed by atoms with Gasteiger partial charge in [-0.1, -0.05) is 0 Å². The highest BCUT2D eigenvalue weighted by Gasteiger charge is 2.19. The van der Waals surface area contributed by atoms with E-state index in [-0.39, 0.29) is 22.4 Å². The number of anilines is 1. The lowest BCUT2D eigenvalue weighted by Gasteiger charge is -2.05. The molecule has 6 nitrogen and oxygen atoms in total. The predicted molar refractivity (Wildman–Crippen MR) is 108 cm³/mol. The van der Waals surface area contributed by atoms with Crippen molar-refractivity contribution in [3.05, 3.63) is 70.5 Å². The van der Waals surface area contributed by atoms with Crippen molar-refractivity contribution in [3.8, 4) is 10.6 Å². The number of hydrogen-bond donors (Lipinski definition) is 1. The highest BCUT2D eigenvalue weighted by atomic mass is 32.1. The first-order chi connectivity index (χ1) is 13.8.